The fraction of sp³-hybridized carbons (Fsp3) is 0.846. The Balaban J connectivity index is 2.13. The number of hydrogen-bond acceptors (Lipinski definition) is 2. The van der Waals surface area contributed by atoms with Crippen LogP contribution in [-0.2, 0) is 0 Å². The van der Waals surface area contributed by atoms with Crippen LogP contribution < -0.4 is 5.32 Å². The van der Waals surface area contributed by atoms with Crippen LogP contribution in [0, 0.1) is 0 Å². The molecule has 0 saturated heterocycles. The summed E-state index contributed by atoms with van der Waals surface area (Å²) in [6, 6.07) is 0. The molecule has 0 aromatic heterocycles. The zero-order valence-electron chi connectivity index (χ0n) is 9.80. The highest BCUT2D eigenvalue weighted by Gasteiger charge is 2.26. The Morgan fingerprint density at radius 3 is 2.47 bits per heavy atom. The van der Waals surface area contributed by atoms with Crippen LogP contribution in [0.1, 0.15) is 51.4 Å². The quantitative estimate of drug-likeness (QED) is 0.402. The number of allylic oxidation sites excluding steroid dienone is 1. The van der Waals surface area contributed by atoms with Crippen molar-refractivity contribution in [3.8, 4) is 0 Å². The molecule has 0 radical (unpaired) electrons. The summed E-state index contributed by atoms with van der Waals surface area (Å²) < 4.78 is 0. The third-order valence-electron chi connectivity index (χ3n) is 3.25. The molecule has 0 bridgehead atoms. The summed E-state index contributed by atoms with van der Waals surface area (Å²) >= 11 is 0. The minimum Gasteiger partial charge on any atom is -0.389 e. The Hall–Kier alpha value is -0.340. The molecule has 0 heterocycles. The molecule has 1 rings (SSSR count). The van der Waals surface area contributed by atoms with E-state index in [1.165, 1.54) is 25.7 Å². The number of aliphatic hydroxyl groups is 1. The van der Waals surface area contributed by atoms with Crippen molar-refractivity contribution in [1.29, 1.82) is 0 Å². The van der Waals surface area contributed by atoms with Crippen molar-refractivity contribution in [2.75, 3.05) is 13.1 Å². The lowest BCUT2D eigenvalue weighted by Crippen LogP contribution is -2.40. The fourth-order valence-electron chi connectivity index (χ4n) is 2.26. The first-order valence-corrected chi connectivity index (χ1v) is 6.31. The van der Waals surface area contributed by atoms with E-state index in [0.29, 0.717) is 0 Å². The van der Waals surface area contributed by atoms with Crippen molar-refractivity contribution in [3.05, 3.63) is 12.7 Å². The summed E-state index contributed by atoms with van der Waals surface area (Å²) in [5.41, 5.74) is -0.426. The summed E-state index contributed by atoms with van der Waals surface area (Å²) in [6.45, 7) is 5.46. The zero-order valence-corrected chi connectivity index (χ0v) is 9.80. The minimum absolute atomic E-state index is 0.426. The molecule has 2 nitrogen and oxygen atoms in total. The SMILES string of the molecule is C=CCCCNCC1(O)CCCCCC1. The Kier molecular flexibility index (Phi) is 5.96. The smallest absolute Gasteiger partial charge is 0.0771 e. The third kappa shape index (κ3) is 5.33. The van der Waals surface area contributed by atoms with Gasteiger partial charge in [0, 0.05) is 6.54 Å². The van der Waals surface area contributed by atoms with Gasteiger partial charge in [-0.25, -0.2) is 0 Å². The second-order valence-corrected chi connectivity index (χ2v) is 4.75. The van der Waals surface area contributed by atoms with Crippen molar-refractivity contribution < 1.29 is 5.11 Å². The summed E-state index contributed by atoms with van der Waals surface area (Å²) in [6.07, 6.45) is 11.0. The summed E-state index contributed by atoms with van der Waals surface area (Å²) in [7, 11) is 0. The molecule has 0 unspecified atom stereocenters. The van der Waals surface area contributed by atoms with Gasteiger partial charge in [-0.15, -0.1) is 6.58 Å². The van der Waals surface area contributed by atoms with E-state index in [1.54, 1.807) is 0 Å². The highest BCUT2D eigenvalue weighted by molar-refractivity contribution is 4.83. The van der Waals surface area contributed by atoms with Crippen LogP contribution in [0.15, 0.2) is 12.7 Å². The maximum Gasteiger partial charge on any atom is 0.0771 e. The lowest BCUT2D eigenvalue weighted by atomic mass is 9.94. The van der Waals surface area contributed by atoms with Crippen molar-refractivity contribution in [3.63, 3.8) is 0 Å². The van der Waals surface area contributed by atoms with Gasteiger partial charge in [0.05, 0.1) is 5.60 Å². The van der Waals surface area contributed by atoms with Crippen molar-refractivity contribution in [2.45, 2.75) is 57.0 Å². The molecular formula is C13H25NO. The molecule has 2 N–H and O–H groups in total. The van der Waals surface area contributed by atoms with Gasteiger partial charge in [-0.05, 0) is 32.2 Å². The zero-order chi connectivity index (χ0) is 11.0. The highest BCUT2D eigenvalue weighted by Crippen LogP contribution is 2.26. The van der Waals surface area contributed by atoms with Crippen molar-refractivity contribution in [1.82, 2.24) is 5.32 Å². The molecule has 1 fully saturated rings. The molecule has 0 aliphatic heterocycles. The average Bonchev–Trinajstić information content (AvgIpc) is 2.43. The maximum atomic E-state index is 10.3. The Morgan fingerprint density at radius 2 is 1.87 bits per heavy atom. The van der Waals surface area contributed by atoms with Gasteiger partial charge in [-0.2, -0.15) is 0 Å². The van der Waals surface area contributed by atoms with Crippen LogP contribution in [0.25, 0.3) is 0 Å². The van der Waals surface area contributed by atoms with Gasteiger partial charge in [-0.3, -0.25) is 0 Å². The average molecular weight is 211 g/mol. The molecule has 0 spiro atoms. The van der Waals surface area contributed by atoms with Gasteiger partial charge in [0.25, 0.3) is 0 Å². The van der Waals surface area contributed by atoms with Gasteiger partial charge in [-0.1, -0.05) is 31.8 Å². The molecule has 0 aromatic rings. The molecule has 1 saturated carbocycles. The molecular weight excluding hydrogens is 186 g/mol. The summed E-state index contributed by atoms with van der Waals surface area (Å²) in [5.74, 6) is 0. The Morgan fingerprint density at radius 1 is 1.20 bits per heavy atom. The third-order valence-corrected chi connectivity index (χ3v) is 3.25. The molecule has 0 atom stereocenters. The molecule has 2 heteroatoms. The first-order chi connectivity index (χ1) is 7.27. The predicted octanol–water partition coefficient (Wildman–Crippen LogP) is 2.63. The second kappa shape index (κ2) is 7.02. The van der Waals surface area contributed by atoms with E-state index >= 15 is 0 Å². The van der Waals surface area contributed by atoms with Gasteiger partial charge in [0.2, 0.25) is 0 Å². The minimum atomic E-state index is -0.426. The van der Waals surface area contributed by atoms with E-state index in [2.05, 4.69) is 11.9 Å². The van der Waals surface area contributed by atoms with E-state index < -0.39 is 5.60 Å². The van der Waals surface area contributed by atoms with Crippen molar-refractivity contribution in [2.24, 2.45) is 0 Å². The summed E-state index contributed by atoms with van der Waals surface area (Å²) in [4.78, 5) is 0. The molecule has 0 aromatic carbocycles. The van der Waals surface area contributed by atoms with Gasteiger partial charge in [0.1, 0.15) is 0 Å². The maximum absolute atomic E-state index is 10.3. The van der Waals surface area contributed by atoms with Crippen LogP contribution in [0.2, 0.25) is 0 Å². The first kappa shape index (κ1) is 12.7. The van der Waals surface area contributed by atoms with E-state index in [9.17, 15) is 5.11 Å². The molecule has 88 valence electrons. The van der Waals surface area contributed by atoms with E-state index in [0.717, 1.165) is 38.8 Å². The number of nitrogens with one attached hydrogen (secondary N) is 1. The summed E-state index contributed by atoms with van der Waals surface area (Å²) in [5, 5.41) is 13.7. The van der Waals surface area contributed by atoms with Crippen LogP contribution in [0.5, 0.6) is 0 Å². The number of unbranched alkanes of at least 4 members (excludes halogenated alkanes) is 1. The van der Waals surface area contributed by atoms with E-state index in [-0.39, 0.29) is 0 Å². The van der Waals surface area contributed by atoms with E-state index in [1.807, 2.05) is 6.08 Å². The largest absolute Gasteiger partial charge is 0.389 e. The highest BCUT2D eigenvalue weighted by atomic mass is 16.3. The van der Waals surface area contributed by atoms with Crippen molar-refractivity contribution >= 4 is 0 Å². The topological polar surface area (TPSA) is 32.3 Å². The normalized spacial score (nSPS) is 20.9. The standard InChI is InChI=1S/C13H25NO/c1-2-3-8-11-14-12-13(15)9-6-4-5-7-10-13/h2,14-15H,1,3-12H2. The number of hydrogen-bond donors (Lipinski definition) is 2. The second-order valence-electron chi connectivity index (χ2n) is 4.75. The number of rotatable bonds is 6. The molecule has 15 heavy (non-hydrogen) atoms. The van der Waals surface area contributed by atoms with Gasteiger partial charge < -0.3 is 10.4 Å². The van der Waals surface area contributed by atoms with Gasteiger partial charge in [0.15, 0.2) is 0 Å². The van der Waals surface area contributed by atoms with Crippen LogP contribution in [-0.4, -0.2) is 23.8 Å². The fourth-order valence-corrected chi connectivity index (χ4v) is 2.26. The Bertz CT molecular complexity index is 171. The lowest BCUT2D eigenvalue weighted by Gasteiger charge is -2.26. The van der Waals surface area contributed by atoms with Crippen LogP contribution in [0.3, 0.4) is 0 Å². The Labute approximate surface area is 93.8 Å². The molecule has 1 aliphatic carbocycles. The molecule has 1 aliphatic rings. The van der Waals surface area contributed by atoms with Crippen LogP contribution in [0.4, 0.5) is 0 Å². The molecule has 0 amide bonds. The first-order valence-electron chi connectivity index (χ1n) is 6.31. The lowest BCUT2D eigenvalue weighted by molar-refractivity contribution is 0.0255. The predicted molar refractivity (Wildman–Crippen MR) is 65.0 cm³/mol. The van der Waals surface area contributed by atoms with Crippen LogP contribution >= 0.6 is 0 Å². The van der Waals surface area contributed by atoms with Gasteiger partial charge >= 0.3 is 0 Å². The monoisotopic (exact) mass is 211 g/mol. The van der Waals surface area contributed by atoms with E-state index in [4.69, 9.17) is 0 Å².